The van der Waals surface area contributed by atoms with Crippen molar-refractivity contribution in [3.05, 3.63) is 35.0 Å². The average molecular weight is 397 g/mol. The fraction of sp³-hybridized carbons (Fsp3) is 0.476. The van der Waals surface area contributed by atoms with Crippen LogP contribution in [0, 0.1) is 6.92 Å². The maximum Gasteiger partial charge on any atom is 0.273 e. The average Bonchev–Trinajstić information content (AvgIpc) is 3.06. The molecule has 2 aliphatic rings. The van der Waals surface area contributed by atoms with E-state index >= 15 is 0 Å². The molecule has 0 bridgehead atoms. The van der Waals surface area contributed by atoms with E-state index < -0.39 is 0 Å². The summed E-state index contributed by atoms with van der Waals surface area (Å²) in [5.41, 5.74) is 3.33. The Kier molecular flexibility index (Phi) is 5.53. The first-order valence-corrected chi connectivity index (χ1v) is 10.0. The van der Waals surface area contributed by atoms with Crippen molar-refractivity contribution in [2.24, 2.45) is 0 Å². The molecule has 2 aliphatic heterocycles. The van der Waals surface area contributed by atoms with E-state index in [1.807, 2.05) is 30.0 Å². The molecule has 0 spiro atoms. The number of nitrogens with zero attached hydrogens (tertiary/aromatic N) is 4. The van der Waals surface area contributed by atoms with Crippen LogP contribution in [0.2, 0.25) is 0 Å². The fourth-order valence-corrected chi connectivity index (χ4v) is 3.70. The minimum Gasteiger partial charge on any atom is -0.497 e. The topological polar surface area (TPSA) is 79.8 Å². The van der Waals surface area contributed by atoms with Gasteiger partial charge in [0.25, 0.3) is 5.91 Å². The molecule has 1 aromatic heterocycles. The molecule has 1 fully saturated rings. The van der Waals surface area contributed by atoms with Gasteiger partial charge in [0.1, 0.15) is 17.3 Å². The summed E-state index contributed by atoms with van der Waals surface area (Å²) in [7, 11) is 1.65. The summed E-state index contributed by atoms with van der Waals surface area (Å²) >= 11 is 0. The fourth-order valence-electron chi connectivity index (χ4n) is 3.70. The highest BCUT2D eigenvalue weighted by Gasteiger charge is 2.33. The predicted octanol–water partition coefficient (Wildman–Crippen LogP) is 2.74. The van der Waals surface area contributed by atoms with E-state index in [2.05, 4.69) is 22.1 Å². The van der Waals surface area contributed by atoms with Crippen LogP contribution in [-0.2, 0) is 11.3 Å². The van der Waals surface area contributed by atoms with Crippen LogP contribution in [0.3, 0.4) is 0 Å². The van der Waals surface area contributed by atoms with Crippen LogP contribution in [0.1, 0.15) is 35.0 Å². The molecule has 0 radical (unpaired) electrons. The lowest BCUT2D eigenvalue weighted by molar-refractivity contribution is 0.0774. The maximum absolute atomic E-state index is 12.9. The highest BCUT2D eigenvalue weighted by atomic mass is 16.5. The van der Waals surface area contributed by atoms with Crippen LogP contribution in [0.25, 0.3) is 0 Å². The Morgan fingerprint density at radius 2 is 2.03 bits per heavy atom. The van der Waals surface area contributed by atoms with E-state index in [1.165, 1.54) is 0 Å². The van der Waals surface area contributed by atoms with E-state index in [1.54, 1.807) is 7.11 Å². The number of aryl methyl sites for hydroxylation is 1. The zero-order chi connectivity index (χ0) is 20.4. The summed E-state index contributed by atoms with van der Waals surface area (Å²) in [6.45, 7) is 8.03. The van der Waals surface area contributed by atoms with Gasteiger partial charge >= 0.3 is 0 Å². The van der Waals surface area contributed by atoms with Crippen LogP contribution in [-0.4, -0.2) is 60.7 Å². The van der Waals surface area contributed by atoms with Crippen molar-refractivity contribution in [2.75, 3.05) is 50.2 Å². The van der Waals surface area contributed by atoms with Gasteiger partial charge in [-0.1, -0.05) is 6.92 Å². The van der Waals surface area contributed by atoms with Gasteiger partial charge in [-0.2, -0.15) is 4.98 Å². The van der Waals surface area contributed by atoms with Gasteiger partial charge in [-0.05, 0) is 37.1 Å². The normalized spacial score (nSPS) is 16.2. The first kappa shape index (κ1) is 19.4. The Hall–Kier alpha value is -2.87. The smallest absolute Gasteiger partial charge is 0.273 e. The predicted molar refractivity (Wildman–Crippen MR) is 111 cm³/mol. The molecule has 8 heteroatoms. The number of nitrogens with one attached hydrogen (secondary N) is 1. The third-order valence-corrected chi connectivity index (χ3v) is 5.31. The van der Waals surface area contributed by atoms with Crippen LogP contribution < -0.4 is 15.0 Å². The van der Waals surface area contributed by atoms with Gasteiger partial charge in [-0.3, -0.25) is 4.79 Å². The molecular weight excluding hydrogens is 370 g/mol. The van der Waals surface area contributed by atoms with Crippen molar-refractivity contribution >= 4 is 23.4 Å². The second kappa shape index (κ2) is 8.24. The maximum atomic E-state index is 12.9. The zero-order valence-electron chi connectivity index (χ0n) is 17.2. The molecule has 29 heavy (non-hydrogen) atoms. The molecule has 4 rings (SSSR count). The van der Waals surface area contributed by atoms with E-state index in [0.717, 1.165) is 29.0 Å². The van der Waals surface area contributed by atoms with Crippen molar-refractivity contribution in [2.45, 2.75) is 26.8 Å². The highest BCUT2D eigenvalue weighted by Crippen LogP contribution is 2.32. The molecule has 1 saturated heterocycles. The first-order valence-electron chi connectivity index (χ1n) is 10.0. The highest BCUT2D eigenvalue weighted by molar-refractivity contribution is 5.98. The molecule has 0 unspecified atom stereocenters. The third kappa shape index (κ3) is 3.85. The van der Waals surface area contributed by atoms with Crippen molar-refractivity contribution in [1.82, 2.24) is 14.9 Å². The van der Waals surface area contributed by atoms with Crippen molar-refractivity contribution in [1.29, 1.82) is 0 Å². The zero-order valence-corrected chi connectivity index (χ0v) is 17.2. The molecule has 1 amide bonds. The summed E-state index contributed by atoms with van der Waals surface area (Å²) in [6, 6.07) is 5.85. The number of amides is 1. The lowest BCUT2D eigenvalue weighted by Gasteiger charge is -2.27. The van der Waals surface area contributed by atoms with Gasteiger partial charge in [0.2, 0.25) is 5.95 Å². The second-order valence-electron chi connectivity index (χ2n) is 7.33. The first-order chi connectivity index (χ1) is 14.1. The summed E-state index contributed by atoms with van der Waals surface area (Å²) < 4.78 is 10.8. The van der Waals surface area contributed by atoms with Gasteiger partial charge in [-0.15, -0.1) is 0 Å². The number of aromatic nitrogens is 2. The Labute approximate surface area is 170 Å². The molecule has 154 valence electrons. The number of fused-ring (bicyclic) bond motifs is 1. The number of anilines is 3. The van der Waals surface area contributed by atoms with Crippen molar-refractivity contribution < 1.29 is 14.3 Å². The molecule has 0 atom stereocenters. The van der Waals surface area contributed by atoms with Crippen LogP contribution >= 0.6 is 0 Å². The quantitative estimate of drug-likeness (QED) is 0.803. The second-order valence-corrected chi connectivity index (χ2v) is 7.33. The van der Waals surface area contributed by atoms with Crippen molar-refractivity contribution in [3.63, 3.8) is 0 Å². The number of hydrogen-bond donors (Lipinski definition) is 1. The van der Waals surface area contributed by atoms with Gasteiger partial charge in [0, 0.05) is 30.9 Å². The standard InChI is InChI=1S/C21H27N5O3/c1-4-7-26-13-16-18(20(26)27)23-21(25-8-10-29-11-9-25)24-19(16)22-17-6-5-15(28-3)12-14(17)2/h5-6,12H,4,7-11,13H2,1-3H3,(H,22,23,24). The number of hydrogen-bond acceptors (Lipinski definition) is 7. The number of carbonyl (C=O) groups excluding carboxylic acids is 1. The lowest BCUT2D eigenvalue weighted by atomic mass is 10.1. The molecule has 1 N–H and O–H groups in total. The Bertz CT molecular complexity index is 911. The van der Waals surface area contributed by atoms with Crippen LogP contribution in [0.15, 0.2) is 18.2 Å². The number of carbonyl (C=O) groups is 1. The number of benzene rings is 1. The SMILES string of the molecule is CCCN1Cc2c(Nc3ccc(OC)cc3C)nc(N3CCOCC3)nc2C1=O. The molecular formula is C21H27N5O3. The monoisotopic (exact) mass is 397 g/mol. The number of ether oxygens (including phenoxy) is 2. The lowest BCUT2D eigenvalue weighted by Crippen LogP contribution is -2.37. The van der Waals surface area contributed by atoms with Gasteiger partial charge in [-0.25, -0.2) is 4.98 Å². The largest absolute Gasteiger partial charge is 0.497 e. The van der Waals surface area contributed by atoms with E-state index in [0.29, 0.717) is 56.9 Å². The van der Waals surface area contributed by atoms with Gasteiger partial charge in [0.05, 0.1) is 26.9 Å². The van der Waals surface area contributed by atoms with Gasteiger partial charge in [0.15, 0.2) is 0 Å². The molecule has 0 saturated carbocycles. The Morgan fingerprint density at radius 1 is 1.24 bits per heavy atom. The number of rotatable bonds is 6. The molecule has 1 aromatic carbocycles. The van der Waals surface area contributed by atoms with Crippen LogP contribution in [0.5, 0.6) is 5.75 Å². The summed E-state index contributed by atoms with van der Waals surface area (Å²) in [5, 5.41) is 3.44. The minimum absolute atomic E-state index is 0.0201. The molecule has 2 aromatic rings. The van der Waals surface area contributed by atoms with E-state index in [4.69, 9.17) is 14.5 Å². The van der Waals surface area contributed by atoms with Gasteiger partial charge < -0.3 is 24.6 Å². The van der Waals surface area contributed by atoms with E-state index in [-0.39, 0.29) is 5.91 Å². The molecule has 8 nitrogen and oxygen atoms in total. The van der Waals surface area contributed by atoms with Crippen LogP contribution in [0.4, 0.5) is 17.5 Å². The third-order valence-electron chi connectivity index (χ3n) is 5.31. The summed E-state index contributed by atoms with van der Waals surface area (Å²) in [5.74, 6) is 2.05. The van der Waals surface area contributed by atoms with E-state index in [9.17, 15) is 4.79 Å². The number of methoxy groups -OCH3 is 1. The molecule has 0 aliphatic carbocycles. The minimum atomic E-state index is -0.0201. The Balaban J connectivity index is 1.73. The summed E-state index contributed by atoms with van der Waals surface area (Å²) in [4.78, 5) is 26.3. The Morgan fingerprint density at radius 3 is 2.72 bits per heavy atom. The number of morpholine rings is 1. The van der Waals surface area contributed by atoms with Crippen molar-refractivity contribution in [3.8, 4) is 5.75 Å². The molecule has 3 heterocycles. The summed E-state index contributed by atoms with van der Waals surface area (Å²) in [6.07, 6.45) is 0.907.